The minimum Gasteiger partial charge on any atom is -0.317 e. The lowest BCUT2D eigenvalue weighted by Gasteiger charge is -2.21. The zero-order chi connectivity index (χ0) is 13.0. The Bertz CT molecular complexity index is 407. The third-order valence-electron chi connectivity index (χ3n) is 3.18. The molecule has 1 aromatic rings. The fraction of sp³-hybridized carbons (Fsp3) is 0.583. The van der Waals surface area contributed by atoms with Crippen LogP contribution in [0.25, 0.3) is 0 Å². The van der Waals surface area contributed by atoms with Crippen molar-refractivity contribution in [2.24, 2.45) is 0 Å². The molecule has 5 nitrogen and oxygen atoms in total. The van der Waals surface area contributed by atoms with Gasteiger partial charge in [-0.15, -0.1) is 0 Å². The van der Waals surface area contributed by atoms with Gasteiger partial charge in [0.2, 0.25) is 0 Å². The minimum absolute atomic E-state index is 0.0840. The average molecular weight is 237 g/mol. The van der Waals surface area contributed by atoms with Crippen molar-refractivity contribution in [3.63, 3.8) is 0 Å². The van der Waals surface area contributed by atoms with Crippen LogP contribution in [0.5, 0.6) is 0 Å². The standard InChI is InChI=1S/C12H19N3O2/c1-5-10(9(3)13-4)11-6-8(2)12(7-14-11)15(16)17/h6-7,9-10,13H,5H2,1-4H3. The van der Waals surface area contributed by atoms with Gasteiger partial charge >= 0.3 is 0 Å². The maximum atomic E-state index is 10.7. The summed E-state index contributed by atoms with van der Waals surface area (Å²) in [6.45, 7) is 5.93. The summed E-state index contributed by atoms with van der Waals surface area (Å²) in [7, 11) is 1.91. The Morgan fingerprint density at radius 2 is 2.24 bits per heavy atom. The summed E-state index contributed by atoms with van der Waals surface area (Å²) in [4.78, 5) is 14.5. The molecule has 0 aromatic carbocycles. The van der Waals surface area contributed by atoms with Gasteiger partial charge in [0.25, 0.3) is 5.69 Å². The van der Waals surface area contributed by atoms with Gasteiger partial charge < -0.3 is 5.32 Å². The van der Waals surface area contributed by atoms with Crippen LogP contribution < -0.4 is 5.32 Å². The molecule has 0 amide bonds. The minimum atomic E-state index is -0.394. The number of nitro groups is 1. The second-order valence-electron chi connectivity index (χ2n) is 4.24. The Morgan fingerprint density at radius 3 is 2.65 bits per heavy atom. The first kappa shape index (κ1) is 13.6. The van der Waals surface area contributed by atoms with E-state index in [0.29, 0.717) is 11.6 Å². The summed E-state index contributed by atoms with van der Waals surface area (Å²) in [5.41, 5.74) is 1.67. The summed E-state index contributed by atoms with van der Waals surface area (Å²) in [5, 5.41) is 13.9. The highest BCUT2D eigenvalue weighted by molar-refractivity contribution is 5.38. The molecule has 0 bridgehead atoms. The van der Waals surface area contributed by atoms with Crippen molar-refractivity contribution < 1.29 is 4.92 Å². The number of nitrogens with one attached hydrogen (secondary N) is 1. The topological polar surface area (TPSA) is 68.1 Å². The van der Waals surface area contributed by atoms with Crippen molar-refractivity contribution in [3.05, 3.63) is 33.6 Å². The van der Waals surface area contributed by atoms with Gasteiger partial charge in [0.05, 0.1) is 4.92 Å². The molecule has 2 atom stereocenters. The summed E-state index contributed by atoms with van der Waals surface area (Å²) in [6.07, 6.45) is 2.31. The Hall–Kier alpha value is -1.49. The number of nitrogens with zero attached hydrogens (tertiary/aromatic N) is 2. The highest BCUT2D eigenvalue weighted by Gasteiger charge is 2.20. The molecule has 1 aromatic heterocycles. The van der Waals surface area contributed by atoms with Crippen molar-refractivity contribution in [1.29, 1.82) is 0 Å². The fourth-order valence-electron chi connectivity index (χ4n) is 1.98. The number of hydrogen-bond donors (Lipinski definition) is 1. The molecule has 94 valence electrons. The first-order valence-corrected chi connectivity index (χ1v) is 5.79. The molecule has 17 heavy (non-hydrogen) atoms. The molecular weight excluding hydrogens is 218 g/mol. The van der Waals surface area contributed by atoms with Crippen LogP contribution in [0.3, 0.4) is 0 Å². The van der Waals surface area contributed by atoms with Crippen LogP contribution in [-0.2, 0) is 0 Å². The van der Waals surface area contributed by atoms with Crippen LogP contribution in [0.2, 0.25) is 0 Å². The predicted octanol–water partition coefficient (Wildman–Crippen LogP) is 2.40. The van der Waals surface area contributed by atoms with Gasteiger partial charge in [-0.2, -0.15) is 0 Å². The molecule has 0 radical (unpaired) electrons. The largest absolute Gasteiger partial charge is 0.317 e. The van der Waals surface area contributed by atoms with Crippen LogP contribution in [0.1, 0.15) is 37.4 Å². The molecular formula is C12H19N3O2. The zero-order valence-corrected chi connectivity index (χ0v) is 10.7. The lowest BCUT2D eigenvalue weighted by Crippen LogP contribution is -2.29. The molecule has 0 saturated carbocycles. The maximum absolute atomic E-state index is 10.7. The number of likely N-dealkylation sites (N-methyl/N-ethyl adjacent to an activating group) is 1. The van der Waals surface area contributed by atoms with Gasteiger partial charge in [-0.3, -0.25) is 15.1 Å². The quantitative estimate of drug-likeness (QED) is 0.630. The van der Waals surface area contributed by atoms with Gasteiger partial charge in [-0.05, 0) is 33.4 Å². The van der Waals surface area contributed by atoms with Crippen molar-refractivity contribution in [2.75, 3.05) is 7.05 Å². The highest BCUT2D eigenvalue weighted by Crippen LogP contribution is 2.25. The lowest BCUT2D eigenvalue weighted by atomic mass is 9.93. The second-order valence-corrected chi connectivity index (χ2v) is 4.24. The van der Waals surface area contributed by atoms with Gasteiger partial charge in [-0.25, -0.2) is 0 Å². The molecule has 0 aliphatic rings. The van der Waals surface area contributed by atoms with E-state index in [9.17, 15) is 10.1 Å². The van der Waals surface area contributed by atoms with E-state index in [2.05, 4.69) is 24.1 Å². The molecule has 0 spiro atoms. The van der Waals surface area contributed by atoms with E-state index < -0.39 is 4.92 Å². The van der Waals surface area contributed by atoms with Crippen LogP contribution in [-0.4, -0.2) is 23.0 Å². The van der Waals surface area contributed by atoms with Crippen LogP contribution in [0, 0.1) is 17.0 Å². The molecule has 0 aliphatic heterocycles. The van der Waals surface area contributed by atoms with E-state index in [1.807, 2.05) is 13.1 Å². The molecule has 0 aliphatic carbocycles. The number of pyridine rings is 1. The molecule has 1 heterocycles. The Balaban J connectivity index is 3.07. The predicted molar refractivity (Wildman–Crippen MR) is 67.2 cm³/mol. The average Bonchev–Trinajstić information content (AvgIpc) is 2.29. The number of aryl methyl sites for hydroxylation is 1. The van der Waals surface area contributed by atoms with E-state index in [1.165, 1.54) is 6.20 Å². The Kier molecular flexibility index (Phi) is 4.57. The van der Waals surface area contributed by atoms with Crippen molar-refractivity contribution >= 4 is 5.69 Å². The van der Waals surface area contributed by atoms with E-state index >= 15 is 0 Å². The molecule has 5 heteroatoms. The monoisotopic (exact) mass is 237 g/mol. The zero-order valence-electron chi connectivity index (χ0n) is 10.7. The summed E-state index contributed by atoms with van der Waals surface area (Å²) in [6, 6.07) is 2.12. The van der Waals surface area contributed by atoms with Crippen molar-refractivity contribution in [1.82, 2.24) is 10.3 Å². The van der Waals surface area contributed by atoms with Crippen molar-refractivity contribution in [3.8, 4) is 0 Å². The highest BCUT2D eigenvalue weighted by atomic mass is 16.6. The van der Waals surface area contributed by atoms with E-state index in [-0.39, 0.29) is 11.6 Å². The molecule has 2 unspecified atom stereocenters. The van der Waals surface area contributed by atoms with Crippen LogP contribution in [0.4, 0.5) is 5.69 Å². The molecule has 0 fully saturated rings. The third kappa shape index (κ3) is 3.00. The first-order chi connectivity index (χ1) is 8.01. The fourth-order valence-corrected chi connectivity index (χ4v) is 1.98. The van der Waals surface area contributed by atoms with E-state index in [1.54, 1.807) is 6.92 Å². The molecule has 1 rings (SSSR count). The van der Waals surface area contributed by atoms with Crippen molar-refractivity contribution in [2.45, 2.75) is 39.2 Å². The number of rotatable bonds is 5. The Morgan fingerprint density at radius 1 is 1.59 bits per heavy atom. The van der Waals surface area contributed by atoms with Crippen LogP contribution >= 0.6 is 0 Å². The van der Waals surface area contributed by atoms with E-state index in [4.69, 9.17) is 0 Å². The third-order valence-corrected chi connectivity index (χ3v) is 3.18. The van der Waals surface area contributed by atoms with Gasteiger partial charge in [-0.1, -0.05) is 6.92 Å². The van der Waals surface area contributed by atoms with Gasteiger partial charge in [0.15, 0.2) is 0 Å². The lowest BCUT2D eigenvalue weighted by molar-refractivity contribution is -0.385. The summed E-state index contributed by atoms with van der Waals surface area (Å²) in [5.74, 6) is 0.277. The second kappa shape index (κ2) is 5.72. The van der Waals surface area contributed by atoms with E-state index in [0.717, 1.165) is 12.1 Å². The molecule has 1 N–H and O–H groups in total. The summed E-state index contributed by atoms with van der Waals surface area (Å²) < 4.78 is 0. The Labute approximate surface area is 101 Å². The molecule has 0 saturated heterocycles. The number of aromatic nitrogens is 1. The smallest absolute Gasteiger partial charge is 0.290 e. The normalized spacial score (nSPS) is 14.4. The SMILES string of the molecule is CCC(c1cc(C)c([N+](=O)[O-])cn1)C(C)NC. The number of hydrogen-bond acceptors (Lipinski definition) is 4. The van der Waals surface area contributed by atoms with Crippen LogP contribution in [0.15, 0.2) is 12.3 Å². The first-order valence-electron chi connectivity index (χ1n) is 5.79. The van der Waals surface area contributed by atoms with Gasteiger partial charge in [0, 0.05) is 23.2 Å². The maximum Gasteiger partial charge on any atom is 0.290 e. The summed E-state index contributed by atoms with van der Waals surface area (Å²) >= 11 is 0. The van der Waals surface area contributed by atoms with Gasteiger partial charge in [0.1, 0.15) is 6.20 Å².